The van der Waals surface area contributed by atoms with E-state index in [-0.39, 0.29) is 12.4 Å². The van der Waals surface area contributed by atoms with Crippen LogP contribution in [0.15, 0.2) is 34.1 Å². The first-order valence-electron chi connectivity index (χ1n) is 5.66. The molecule has 1 aromatic heterocycles. The molecule has 0 aliphatic carbocycles. The van der Waals surface area contributed by atoms with E-state index in [9.17, 15) is 8.78 Å². The fourth-order valence-corrected chi connectivity index (χ4v) is 2.90. The second kappa shape index (κ2) is 6.98. The van der Waals surface area contributed by atoms with Gasteiger partial charge in [-0.2, -0.15) is 0 Å². The monoisotopic (exact) mass is 347 g/mol. The third-order valence-corrected chi connectivity index (χ3v) is 4.05. The van der Waals surface area contributed by atoms with Crippen molar-refractivity contribution in [3.63, 3.8) is 0 Å². The van der Waals surface area contributed by atoms with E-state index in [1.807, 2.05) is 11.4 Å². The van der Waals surface area contributed by atoms with Crippen LogP contribution in [0.5, 0.6) is 5.75 Å². The molecular formula is C13H12BrF2NOS. The highest BCUT2D eigenvalue weighted by Crippen LogP contribution is 2.19. The first kappa shape index (κ1) is 14.4. The van der Waals surface area contributed by atoms with Crippen molar-refractivity contribution < 1.29 is 13.5 Å². The Morgan fingerprint density at radius 3 is 2.84 bits per heavy atom. The van der Waals surface area contributed by atoms with E-state index < -0.39 is 11.6 Å². The topological polar surface area (TPSA) is 21.3 Å². The quantitative estimate of drug-likeness (QED) is 0.798. The average Bonchev–Trinajstić information content (AvgIpc) is 2.79. The van der Waals surface area contributed by atoms with Crippen molar-refractivity contribution >= 4 is 27.3 Å². The molecule has 0 atom stereocenters. The Labute approximate surface area is 122 Å². The minimum Gasteiger partial charge on any atom is -0.489 e. The number of hydrogen-bond donors (Lipinski definition) is 1. The molecule has 1 heterocycles. The summed E-state index contributed by atoms with van der Waals surface area (Å²) in [4.78, 5) is 1.20. The van der Waals surface area contributed by atoms with Crippen molar-refractivity contribution in [2.45, 2.75) is 6.54 Å². The van der Waals surface area contributed by atoms with Crippen LogP contribution in [0.1, 0.15) is 4.88 Å². The van der Waals surface area contributed by atoms with E-state index >= 15 is 0 Å². The molecule has 1 N–H and O–H groups in total. The van der Waals surface area contributed by atoms with E-state index in [4.69, 9.17) is 4.74 Å². The van der Waals surface area contributed by atoms with Gasteiger partial charge in [0.25, 0.3) is 0 Å². The zero-order valence-electron chi connectivity index (χ0n) is 9.96. The van der Waals surface area contributed by atoms with Crippen molar-refractivity contribution in [3.8, 4) is 5.75 Å². The van der Waals surface area contributed by atoms with E-state index in [1.54, 1.807) is 11.3 Å². The summed E-state index contributed by atoms with van der Waals surface area (Å²) < 4.78 is 32.4. The molecule has 102 valence electrons. The summed E-state index contributed by atoms with van der Waals surface area (Å²) in [6.45, 7) is 1.57. The van der Waals surface area contributed by atoms with Crippen LogP contribution in [0.3, 0.4) is 0 Å². The van der Waals surface area contributed by atoms with Gasteiger partial charge in [0.05, 0.1) is 0 Å². The van der Waals surface area contributed by atoms with Crippen LogP contribution in [-0.4, -0.2) is 13.2 Å². The number of halogens is 3. The first-order chi connectivity index (χ1) is 9.15. The maximum atomic E-state index is 13.2. The van der Waals surface area contributed by atoms with Gasteiger partial charge in [0.2, 0.25) is 0 Å². The molecule has 0 amide bonds. The van der Waals surface area contributed by atoms with Gasteiger partial charge >= 0.3 is 0 Å². The van der Waals surface area contributed by atoms with Gasteiger partial charge in [0.1, 0.15) is 12.4 Å². The largest absolute Gasteiger partial charge is 0.489 e. The van der Waals surface area contributed by atoms with Gasteiger partial charge in [-0.05, 0) is 34.1 Å². The Morgan fingerprint density at radius 1 is 1.26 bits per heavy atom. The van der Waals surface area contributed by atoms with Crippen LogP contribution >= 0.6 is 27.3 Å². The Morgan fingerprint density at radius 2 is 2.11 bits per heavy atom. The molecule has 0 unspecified atom stereocenters. The molecule has 1 aromatic carbocycles. The molecule has 6 heteroatoms. The molecule has 0 bridgehead atoms. The number of rotatable bonds is 6. The number of ether oxygens (including phenoxy) is 1. The van der Waals surface area contributed by atoms with E-state index in [0.29, 0.717) is 6.54 Å². The molecule has 0 aliphatic heterocycles. The van der Waals surface area contributed by atoms with E-state index in [2.05, 4.69) is 21.2 Å². The molecule has 0 saturated heterocycles. The van der Waals surface area contributed by atoms with Crippen LogP contribution < -0.4 is 10.1 Å². The lowest BCUT2D eigenvalue weighted by atomic mass is 10.3. The average molecular weight is 348 g/mol. The SMILES string of the molecule is Fc1ccc(F)c(OCCNCc2cc(Br)cs2)c1. The highest BCUT2D eigenvalue weighted by Gasteiger charge is 2.04. The fourth-order valence-electron chi connectivity index (χ4n) is 1.48. The van der Waals surface area contributed by atoms with Gasteiger partial charge in [-0.1, -0.05) is 0 Å². The highest BCUT2D eigenvalue weighted by molar-refractivity contribution is 9.10. The molecule has 0 aliphatic rings. The molecule has 0 fully saturated rings. The van der Waals surface area contributed by atoms with E-state index in [1.165, 1.54) is 4.88 Å². The Bertz CT molecular complexity index is 547. The lowest BCUT2D eigenvalue weighted by Gasteiger charge is -2.07. The number of hydrogen-bond acceptors (Lipinski definition) is 3. The summed E-state index contributed by atoms with van der Waals surface area (Å²) in [5, 5.41) is 5.18. The van der Waals surface area contributed by atoms with Crippen LogP contribution in [0, 0.1) is 11.6 Å². The maximum Gasteiger partial charge on any atom is 0.165 e. The van der Waals surface area contributed by atoms with Gasteiger partial charge in [-0.3, -0.25) is 0 Å². The summed E-state index contributed by atoms with van der Waals surface area (Å²) >= 11 is 5.03. The minimum atomic E-state index is -0.552. The van der Waals surface area contributed by atoms with Gasteiger partial charge < -0.3 is 10.1 Å². The lowest BCUT2D eigenvalue weighted by Crippen LogP contribution is -2.20. The summed E-state index contributed by atoms with van der Waals surface area (Å²) in [7, 11) is 0. The zero-order valence-corrected chi connectivity index (χ0v) is 12.4. The first-order valence-corrected chi connectivity index (χ1v) is 7.34. The Kier molecular flexibility index (Phi) is 5.30. The Hall–Kier alpha value is -0.980. The van der Waals surface area contributed by atoms with Crippen molar-refractivity contribution in [3.05, 3.63) is 50.6 Å². The molecule has 0 saturated carbocycles. The predicted octanol–water partition coefficient (Wildman–Crippen LogP) is 3.96. The molecule has 2 nitrogen and oxygen atoms in total. The molecule has 2 aromatic rings. The maximum absolute atomic E-state index is 13.2. The second-order valence-electron chi connectivity index (χ2n) is 3.83. The molecular weight excluding hydrogens is 336 g/mol. The van der Waals surface area contributed by atoms with Gasteiger partial charge in [0, 0.05) is 33.9 Å². The van der Waals surface area contributed by atoms with E-state index in [0.717, 1.165) is 29.2 Å². The molecule has 2 rings (SSSR count). The van der Waals surface area contributed by atoms with Gasteiger partial charge in [-0.25, -0.2) is 8.78 Å². The number of benzene rings is 1. The van der Waals surface area contributed by atoms with Crippen LogP contribution in [0.25, 0.3) is 0 Å². The van der Waals surface area contributed by atoms with Crippen molar-refractivity contribution in [2.75, 3.05) is 13.2 Å². The lowest BCUT2D eigenvalue weighted by molar-refractivity contribution is 0.297. The third-order valence-electron chi connectivity index (χ3n) is 2.35. The zero-order chi connectivity index (χ0) is 13.7. The van der Waals surface area contributed by atoms with Crippen molar-refractivity contribution in [1.82, 2.24) is 5.32 Å². The third kappa shape index (κ3) is 4.56. The Balaban J connectivity index is 1.70. The standard InChI is InChI=1S/C13H12BrF2NOS/c14-9-5-11(19-8-9)7-17-3-4-18-13-6-10(15)1-2-12(13)16/h1-2,5-6,8,17H,3-4,7H2. The number of nitrogens with one attached hydrogen (secondary N) is 1. The van der Waals surface area contributed by atoms with Crippen molar-refractivity contribution in [1.29, 1.82) is 0 Å². The number of thiophene rings is 1. The van der Waals surface area contributed by atoms with Crippen molar-refractivity contribution in [2.24, 2.45) is 0 Å². The minimum absolute atomic E-state index is 0.0549. The smallest absolute Gasteiger partial charge is 0.165 e. The summed E-state index contributed by atoms with van der Waals surface area (Å²) in [5.41, 5.74) is 0. The fraction of sp³-hybridized carbons (Fsp3) is 0.231. The van der Waals surface area contributed by atoms with Crippen LogP contribution in [0.4, 0.5) is 8.78 Å². The normalized spacial score (nSPS) is 10.7. The molecule has 19 heavy (non-hydrogen) atoms. The van der Waals surface area contributed by atoms with Crippen LogP contribution in [-0.2, 0) is 6.54 Å². The molecule has 0 radical (unpaired) electrons. The second-order valence-corrected chi connectivity index (χ2v) is 5.74. The van der Waals surface area contributed by atoms with Crippen LogP contribution in [0.2, 0.25) is 0 Å². The highest BCUT2D eigenvalue weighted by atomic mass is 79.9. The van der Waals surface area contributed by atoms with Gasteiger partial charge in [0.15, 0.2) is 11.6 Å². The molecule has 0 spiro atoms. The summed E-state index contributed by atoms with van der Waals surface area (Å²) in [6.07, 6.45) is 0. The summed E-state index contributed by atoms with van der Waals surface area (Å²) in [5.74, 6) is -1.11. The summed E-state index contributed by atoms with van der Waals surface area (Å²) in [6, 6.07) is 5.20. The van der Waals surface area contributed by atoms with Gasteiger partial charge in [-0.15, -0.1) is 11.3 Å². The predicted molar refractivity (Wildman–Crippen MR) is 75.6 cm³/mol.